The van der Waals surface area contributed by atoms with E-state index in [4.69, 9.17) is 11.6 Å². The first-order chi connectivity index (χ1) is 9.08. The van der Waals surface area contributed by atoms with Crippen molar-refractivity contribution in [1.29, 1.82) is 0 Å². The van der Waals surface area contributed by atoms with Gasteiger partial charge in [-0.15, -0.1) is 0 Å². The molecule has 0 saturated carbocycles. The Balaban J connectivity index is 2.02. The summed E-state index contributed by atoms with van der Waals surface area (Å²) in [6.07, 6.45) is 2.00. The molecule has 104 valence electrons. The van der Waals surface area contributed by atoms with E-state index in [1.54, 1.807) is 6.07 Å². The van der Waals surface area contributed by atoms with Gasteiger partial charge in [-0.25, -0.2) is 0 Å². The predicted octanol–water partition coefficient (Wildman–Crippen LogP) is 2.34. The third-order valence-corrected chi connectivity index (χ3v) is 3.67. The van der Waals surface area contributed by atoms with Crippen molar-refractivity contribution < 1.29 is 4.79 Å². The lowest BCUT2D eigenvalue weighted by atomic mass is 9.99. The first-order valence-electron chi connectivity index (χ1n) is 6.56. The van der Waals surface area contributed by atoms with Crippen molar-refractivity contribution >= 4 is 28.9 Å². The fourth-order valence-corrected chi connectivity index (χ4v) is 2.62. The average Bonchev–Trinajstić information content (AvgIpc) is 2.39. The van der Waals surface area contributed by atoms with E-state index >= 15 is 0 Å². The van der Waals surface area contributed by atoms with Crippen LogP contribution in [0, 0.1) is 5.92 Å². The molecule has 1 aromatic carbocycles. The SMILES string of the molecule is CN(C)c1ccc(NC(=O)[C@@H]2CCCNC2)cc1Cl. The van der Waals surface area contributed by atoms with E-state index in [2.05, 4.69) is 10.6 Å². The number of nitrogens with zero attached hydrogens (tertiary/aromatic N) is 1. The van der Waals surface area contributed by atoms with E-state index in [0.29, 0.717) is 5.02 Å². The molecule has 0 aliphatic carbocycles. The number of halogens is 1. The molecule has 1 atom stereocenters. The number of carbonyl (C=O) groups is 1. The third-order valence-electron chi connectivity index (χ3n) is 3.36. The Morgan fingerprint density at radius 2 is 2.26 bits per heavy atom. The molecule has 5 heteroatoms. The molecule has 1 aliphatic heterocycles. The Hall–Kier alpha value is -1.26. The maximum absolute atomic E-state index is 12.1. The summed E-state index contributed by atoms with van der Waals surface area (Å²) in [5.74, 6) is 0.127. The van der Waals surface area contributed by atoms with Crippen LogP contribution in [0.2, 0.25) is 5.02 Å². The zero-order chi connectivity index (χ0) is 13.8. The van der Waals surface area contributed by atoms with Gasteiger partial charge in [0.15, 0.2) is 0 Å². The molecule has 19 heavy (non-hydrogen) atoms. The molecule has 1 heterocycles. The van der Waals surface area contributed by atoms with Gasteiger partial charge in [-0.1, -0.05) is 11.6 Å². The smallest absolute Gasteiger partial charge is 0.228 e. The Labute approximate surface area is 119 Å². The lowest BCUT2D eigenvalue weighted by molar-refractivity contribution is -0.120. The summed E-state index contributed by atoms with van der Waals surface area (Å²) < 4.78 is 0. The lowest BCUT2D eigenvalue weighted by Gasteiger charge is -2.22. The maximum atomic E-state index is 12.1. The fourth-order valence-electron chi connectivity index (χ4n) is 2.27. The zero-order valence-corrected chi connectivity index (χ0v) is 12.1. The number of hydrogen-bond acceptors (Lipinski definition) is 3. The van der Waals surface area contributed by atoms with Crippen LogP contribution in [0.5, 0.6) is 0 Å². The maximum Gasteiger partial charge on any atom is 0.228 e. The predicted molar refractivity (Wildman–Crippen MR) is 80.0 cm³/mol. The first-order valence-corrected chi connectivity index (χ1v) is 6.94. The second kappa shape index (κ2) is 6.26. The van der Waals surface area contributed by atoms with Crippen LogP contribution in [-0.4, -0.2) is 33.1 Å². The molecule has 2 N–H and O–H groups in total. The van der Waals surface area contributed by atoms with Gasteiger partial charge < -0.3 is 15.5 Å². The van der Waals surface area contributed by atoms with Gasteiger partial charge in [0.2, 0.25) is 5.91 Å². The minimum absolute atomic E-state index is 0.0565. The van der Waals surface area contributed by atoms with Crippen molar-refractivity contribution in [2.75, 3.05) is 37.4 Å². The second-order valence-electron chi connectivity index (χ2n) is 5.09. The zero-order valence-electron chi connectivity index (χ0n) is 11.4. The molecule has 1 aromatic rings. The molecule has 1 aliphatic rings. The molecule has 0 spiro atoms. The molecule has 0 radical (unpaired) electrons. The molecule has 0 bridgehead atoms. The van der Waals surface area contributed by atoms with Crippen molar-refractivity contribution in [3.63, 3.8) is 0 Å². The molecule has 2 rings (SSSR count). The molecule has 1 fully saturated rings. The number of anilines is 2. The van der Waals surface area contributed by atoms with E-state index in [-0.39, 0.29) is 11.8 Å². The minimum Gasteiger partial charge on any atom is -0.376 e. The quantitative estimate of drug-likeness (QED) is 0.894. The van der Waals surface area contributed by atoms with Crippen molar-refractivity contribution in [2.24, 2.45) is 5.92 Å². The summed E-state index contributed by atoms with van der Waals surface area (Å²) in [5.41, 5.74) is 1.70. The number of hydrogen-bond donors (Lipinski definition) is 2. The number of amides is 1. The van der Waals surface area contributed by atoms with Crippen LogP contribution in [0.4, 0.5) is 11.4 Å². The highest BCUT2D eigenvalue weighted by Gasteiger charge is 2.21. The first kappa shape index (κ1) is 14.2. The van der Waals surface area contributed by atoms with Crippen LogP contribution in [0.1, 0.15) is 12.8 Å². The second-order valence-corrected chi connectivity index (χ2v) is 5.50. The highest BCUT2D eigenvalue weighted by Crippen LogP contribution is 2.27. The average molecular weight is 282 g/mol. The van der Waals surface area contributed by atoms with Crippen LogP contribution in [0.3, 0.4) is 0 Å². The minimum atomic E-state index is 0.0565. The fraction of sp³-hybridized carbons (Fsp3) is 0.500. The highest BCUT2D eigenvalue weighted by molar-refractivity contribution is 6.33. The molecular formula is C14H20ClN3O. The van der Waals surface area contributed by atoms with Crippen LogP contribution in [-0.2, 0) is 4.79 Å². The summed E-state index contributed by atoms with van der Waals surface area (Å²) in [7, 11) is 3.88. The molecular weight excluding hydrogens is 262 g/mol. The van der Waals surface area contributed by atoms with Gasteiger partial charge in [-0.05, 0) is 37.6 Å². The summed E-state index contributed by atoms with van der Waals surface area (Å²) in [5, 5.41) is 6.82. The molecule has 0 unspecified atom stereocenters. The summed E-state index contributed by atoms with van der Waals surface area (Å²) in [4.78, 5) is 14.0. The van der Waals surface area contributed by atoms with Gasteiger partial charge in [0.25, 0.3) is 0 Å². The lowest BCUT2D eigenvalue weighted by Crippen LogP contribution is -2.37. The van der Waals surface area contributed by atoms with Gasteiger partial charge in [0.05, 0.1) is 16.6 Å². The Morgan fingerprint density at radius 3 is 2.84 bits per heavy atom. The number of piperidine rings is 1. The van der Waals surface area contributed by atoms with Crippen molar-refractivity contribution in [1.82, 2.24) is 5.32 Å². The molecule has 1 amide bonds. The van der Waals surface area contributed by atoms with Crippen LogP contribution in [0.25, 0.3) is 0 Å². The highest BCUT2D eigenvalue weighted by atomic mass is 35.5. The van der Waals surface area contributed by atoms with Crippen molar-refractivity contribution in [3.8, 4) is 0 Å². The Morgan fingerprint density at radius 1 is 1.47 bits per heavy atom. The summed E-state index contributed by atoms with van der Waals surface area (Å²) >= 11 is 6.19. The van der Waals surface area contributed by atoms with E-state index in [9.17, 15) is 4.79 Å². The monoisotopic (exact) mass is 281 g/mol. The van der Waals surface area contributed by atoms with E-state index < -0.39 is 0 Å². The van der Waals surface area contributed by atoms with E-state index in [1.807, 2.05) is 31.1 Å². The Bertz CT molecular complexity index is 456. The van der Waals surface area contributed by atoms with Gasteiger partial charge in [-0.3, -0.25) is 4.79 Å². The number of rotatable bonds is 3. The number of benzene rings is 1. The van der Waals surface area contributed by atoms with Crippen molar-refractivity contribution in [2.45, 2.75) is 12.8 Å². The number of nitrogens with one attached hydrogen (secondary N) is 2. The molecule has 0 aromatic heterocycles. The summed E-state index contributed by atoms with van der Waals surface area (Å²) in [6.45, 7) is 1.77. The topological polar surface area (TPSA) is 44.4 Å². The number of carbonyl (C=O) groups excluding carboxylic acids is 1. The van der Waals surface area contributed by atoms with E-state index in [1.165, 1.54) is 0 Å². The standard InChI is InChI=1S/C14H20ClN3O/c1-18(2)13-6-5-11(8-12(13)15)17-14(19)10-4-3-7-16-9-10/h5-6,8,10,16H,3-4,7,9H2,1-2H3,(H,17,19)/t10-/m1/s1. The van der Waals surface area contributed by atoms with Gasteiger partial charge >= 0.3 is 0 Å². The summed E-state index contributed by atoms with van der Waals surface area (Å²) in [6, 6.07) is 5.59. The third kappa shape index (κ3) is 3.61. The van der Waals surface area contributed by atoms with Crippen LogP contribution in [0.15, 0.2) is 18.2 Å². The van der Waals surface area contributed by atoms with Gasteiger partial charge in [-0.2, -0.15) is 0 Å². The molecule has 1 saturated heterocycles. The van der Waals surface area contributed by atoms with Gasteiger partial charge in [0.1, 0.15) is 0 Å². The van der Waals surface area contributed by atoms with Gasteiger partial charge in [0, 0.05) is 26.3 Å². The largest absolute Gasteiger partial charge is 0.376 e. The normalized spacial score (nSPS) is 19.0. The molecule has 4 nitrogen and oxygen atoms in total. The van der Waals surface area contributed by atoms with Crippen molar-refractivity contribution in [3.05, 3.63) is 23.2 Å². The van der Waals surface area contributed by atoms with Crippen LogP contribution >= 0.6 is 11.6 Å². The van der Waals surface area contributed by atoms with E-state index in [0.717, 1.165) is 37.3 Å². The van der Waals surface area contributed by atoms with Crippen LogP contribution < -0.4 is 15.5 Å². The Kier molecular flexibility index (Phi) is 4.66.